The molecule has 0 spiro atoms. The molecule has 1 aromatic carbocycles. The summed E-state index contributed by atoms with van der Waals surface area (Å²) in [5, 5.41) is 8.60. The molecule has 3 nitrogen and oxygen atoms in total. The van der Waals surface area contributed by atoms with Crippen molar-refractivity contribution in [2.75, 3.05) is 20.1 Å². The number of likely N-dealkylation sites (N-methyl/N-ethyl adjacent to an activating group) is 1. The van der Waals surface area contributed by atoms with Crippen molar-refractivity contribution in [3.8, 4) is 0 Å². The lowest BCUT2D eigenvalue weighted by Gasteiger charge is -2.17. The van der Waals surface area contributed by atoms with E-state index in [0.29, 0.717) is 18.3 Å². The molecular formula is C18H24FNO2. The average Bonchev–Trinajstić information content (AvgIpc) is 2.84. The summed E-state index contributed by atoms with van der Waals surface area (Å²) in [7, 11) is 2.12. The Morgan fingerprint density at radius 3 is 2.73 bits per heavy atom. The van der Waals surface area contributed by atoms with E-state index >= 15 is 0 Å². The first-order valence-corrected chi connectivity index (χ1v) is 7.87. The first kappa shape index (κ1) is 16.7. The van der Waals surface area contributed by atoms with E-state index in [-0.39, 0.29) is 12.2 Å². The Labute approximate surface area is 131 Å². The maximum Gasteiger partial charge on any atom is 0.303 e. The van der Waals surface area contributed by atoms with Crippen molar-refractivity contribution in [2.45, 2.75) is 31.6 Å². The first-order valence-electron chi connectivity index (χ1n) is 7.87. The summed E-state index contributed by atoms with van der Waals surface area (Å²) >= 11 is 0. The maximum atomic E-state index is 13.1. The van der Waals surface area contributed by atoms with Crippen LogP contribution in [0.4, 0.5) is 4.39 Å². The lowest BCUT2D eigenvalue weighted by atomic mass is 9.86. The molecule has 1 aliphatic rings. The molecule has 1 heterocycles. The van der Waals surface area contributed by atoms with Gasteiger partial charge in [0, 0.05) is 25.4 Å². The van der Waals surface area contributed by atoms with Crippen LogP contribution < -0.4 is 0 Å². The van der Waals surface area contributed by atoms with Crippen LogP contribution in [0, 0.1) is 11.7 Å². The Morgan fingerprint density at radius 1 is 1.32 bits per heavy atom. The zero-order valence-corrected chi connectivity index (χ0v) is 13.0. The van der Waals surface area contributed by atoms with Crippen molar-refractivity contribution >= 4 is 5.97 Å². The van der Waals surface area contributed by atoms with E-state index in [9.17, 15) is 9.18 Å². The Bertz CT molecular complexity index is 512. The van der Waals surface area contributed by atoms with Crippen molar-refractivity contribution in [2.24, 2.45) is 5.92 Å². The smallest absolute Gasteiger partial charge is 0.303 e. The van der Waals surface area contributed by atoms with Crippen LogP contribution in [0.5, 0.6) is 0 Å². The van der Waals surface area contributed by atoms with E-state index in [1.54, 1.807) is 0 Å². The number of carboxylic acids is 1. The molecular weight excluding hydrogens is 281 g/mol. The number of likely N-dealkylation sites (tertiary alicyclic amines) is 1. The molecule has 1 N–H and O–H groups in total. The van der Waals surface area contributed by atoms with Gasteiger partial charge in [0.2, 0.25) is 0 Å². The van der Waals surface area contributed by atoms with E-state index in [4.69, 9.17) is 5.11 Å². The molecule has 1 aliphatic heterocycles. The zero-order valence-electron chi connectivity index (χ0n) is 13.0. The quantitative estimate of drug-likeness (QED) is 0.617. The van der Waals surface area contributed by atoms with Gasteiger partial charge < -0.3 is 10.0 Å². The molecule has 0 radical (unpaired) electrons. The Balaban J connectivity index is 1.87. The number of nitrogens with zero attached hydrogens (tertiary/aromatic N) is 1. The molecule has 1 saturated heterocycles. The van der Waals surface area contributed by atoms with Crippen LogP contribution in [0.3, 0.4) is 0 Å². The Hall–Kier alpha value is -1.68. The van der Waals surface area contributed by atoms with Gasteiger partial charge in [0.1, 0.15) is 5.82 Å². The van der Waals surface area contributed by atoms with Crippen LogP contribution in [-0.2, 0) is 4.79 Å². The molecule has 0 aromatic heterocycles. The van der Waals surface area contributed by atoms with Crippen LogP contribution in [-0.4, -0.2) is 36.1 Å². The number of hydrogen-bond acceptors (Lipinski definition) is 2. The number of carboxylic acid groups (broad SMARTS) is 1. The van der Waals surface area contributed by atoms with Crippen molar-refractivity contribution in [3.05, 3.63) is 47.8 Å². The van der Waals surface area contributed by atoms with Crippen molar-refractivity contribution < 1.29 is 14.3 Å². The number of carbonyl (C=O) groups is 1. The molecule has 2 atom stereocenters. The van der Waals surface area contributed by atoms with E-state index in [2.05, 4.69) is 24.1 Å². The predicted octanol–water partition coefficient (Wildman–Crippen LogP) is 3.67. The van der Waals surface area contributed by atoms with Gasteiger partial charge in [0.15, 0.2) is 0 Å². The van der Waals surface area contributed by atoms with Crippen LogP contribution >= 0.6 is 0 Å². The summed E-state index contributed by atoms with van der Waals surface area (Å²) in [5.41, 5.74) is 1.20. The largest absolute Gasteiger partial charge is 0.481 e. The third-order valence-corrected chi connectivity index (χ3v) is 4.29. The predicted molar refractivity (Wildman–Crippen MR) is 85.4 cm³/mol. The zero-order chi connectivity index (χ0) is 15.9. The Kier molecular flexibility index (Phi) is 6.13. The minimum atomic E-state index is -0.734. The van der Waals surface area contributed by atoms with Crippen LogP contribution in [0.1, 0.15) is 37.2 Å². The highest BCUT2D eigenvalue weighted by atomic mass is 19.1. The number of aliphatic carboxylic acids is 1. The third kappa shape index (κ3) is 4.95. The second kappa shape index (κ2) is 8.08. The topological polar surface area (TPSA) is 40.5 Å². The van der Waals surface area contributed by atoms with E-state index in [0.717, 1.165) is 25.9 Å². The van der Waals surface area contributed by atoms with Crippen molar-refractivity contribution in [3.63, 3.8) is 0 Å². The molecule has 0 saturated carbocycles. The van der Waals surface area contributed by atoms with Crippen LogP contribution in [0.15, 0.2) is 36.4 Å². The average molecular weight is 305 g/mol. The molecule has 2 rings (SSSR count). The van der Waals surface area contributed by atoms with E-state index < -0.39 is 5.97 Å². The van der Waals surface area contributed by atoms with Gasteiger partial charge in [0.05, 0.1) is 0 Å². The number of allylic oxidation sites excluding steroid dienone is 2. The molecule has 1 aromatic rings. The Morgan fingerprint density at radius 2 is 2.05 bits per heavy atom. The van der Waals surface area contributed by atoms with Gasteiger partial charge in [-0.2, -0.15) is 0 Å². The van der Waals surface area contributed by atoms with E-state index in [1.807, 2.05) is 12.1 Å². The number of benzene rings is 1. The van der Waals surface area contributed by atoms with Gasteiger partial charge in [-0.15, -0.1) is 0 Å². The highest BCUT2D eigenvalue weighted by Crippen LogP contribution is 2.34. The molecule has 2 unspecified atom stereocenters. The van der Waals surface area contributed by atoms with Gasteiger partial charge in [-0.3, -0.25) is 4.79 Å². The lowest BCUT2D eigenvalue weighted by Crippen LogP contribution is -2.13. The highest BCUT2D eigenvalue weighted by molar-refractivity contribution is 5.66. The van der Waals surface area contributed by atoms with Crippen LogP contribution in [0.2, 0.25) is 0 Å². The minimum absolute atomic E-state index is 0.190. The summed E-state index contributed by atoms with van der Waals surface area (Å²) in [6.45, 7) is 2.05. The van der Waals surface area contributed by atoms with Crippen molar-refractivity contribution in [1.29, 1.82) is 0 Å². The molecule has 0 aliphatic carbocycles. The van der Waals surface area contributed by atoms with E-state index in [1.165, 1.54) is 17.7 Å². The fraction of sp³-hybridized carbons (Fsp3) is 0.500. The number of rotatable bonds is 7. The molecule has 0 bridgehead atoms. The summed E-state index contributed by atoms with van der Waals surface area (Å²) in [6, 6.07) is 6.85. The molecule has 4 heteroatoms. The van der Waals surface area contributed by atoms with Gasteiger partial charge in [0.25, 0.3) is 0 Å². The fourth-order valence-corrected chi connectivity index (χ4v) is 3.17. The van der Waals surface area contributed by atoms with Gasteiger partial charge in [-0.1, -0.05) is 24.3 Å². The normalized spacial score (nSPS) is 22.5. The van der Waals surface area contributed by atoms with Gasteiger partial charge in [-0.05, 0) is 49.9 Å². The molecule has 22 heavy (non-hydrogen) atoms. The molecule has 1 fully saturated rings. The second-order valence-corrected chi connectivity index (χ2v) is 6.13. The first-order chi connectivity index (χ1) is 10.6. The van der Waals surface area contributed by atoms with Crippen molar-refractivity contribution in [1.82, 2.24) is 4.90 Å². The second-order valence-electron chi connectivity index (χ2n) is 6.13. The number of hydrogen-bond donors (Lipinski definition) is 1. The SMILES string of the molecule is CN1CC(C/C=C\CCCC(=O)O)C(c2ccc(F)cc2)C1. The molecule has 120 valence electrons. The van der Waals surface area contributed by atoms with Gasteiger partial charge >= 0.3 is 5.97 Å². The summed E-state index contributed by atoms with van der Waals surface area (Å²) < 4.78 is 13.1. The summed E-state index contributed by atoms with van der Waals surface area (Å²) in [6.07, 6.45) is 6.98. The monoisotopic (exact) mass is 305 g/mol. The third-order valence-electron chi connectivity index (χ3n) is 4.29. The fourth-order valence-electron chi connectivity index (χ4n) is 3.17. The number of halogens is 1. The maximum absolute atomic E-state index is 13.1. The summed E-state index contributed by atoms with van der Waals surface area (Å²) in [5.74, 6) is 0.0487. The number of unbranched alkanes of at least 4 members (excludes halogenated alkanes) is 1. The van der Waals surface area contributed by atoms with Crippen LogP contribution in [0.25, 0.3) is 0 Å². The minimum Gasteiger partial charge on any atom is -0.481 e. The lowest BCUT2D eigenvalue weighted by molar-refractivity contribution is -0.137. The summed E-state index contributed by atoms with van der Waals surface area (Å²) in [4.78, 5) is 12.8. The van der Waals surface area contributed by atoms with Gasteiger partial charge in [-0.25, -0.2) is 4.39 Å². The standard InChI is InChI=1S/C18H24FNO2/c1-20-12-15(6-4-2-3-5-7-18(21)22)17(13-20)14-8-10-16(19)11-9-14/h2,4,8-11,15,17H,3,5-7,12-13H2,1H3,(H,21,22)/b4-2-. The highest BCUT2D eigenvalue weighted by Gasteiger charge is 2.30. The molecule has 0 amide bonds.